The molecule has 0 unspecified atom stereocenters. The number of hydrogen-bond acceptors (Lipinski definition) is 5. The second-order valence-electron chi connectivity index (χ2n) is 6.33. The molecule has 4 rings (SSSR count). The first-order valence-corrected chi connectivity index (χ1v) is 9.37. The minimum Gasteiger partial charge on any atom is -0.449 e. The minimum atomic E-state index is -1.12. The number of aromatic amines is 2. The van der Waals surface area contributed by atoms with Gasteiger partial charge >= 0.3 is 6.09 Å². The van der Waals surface area contributed by atoms with E-state index in [2.05, 4.69) is 25.5 Å². The molecule has 11 heteroatoms. The average molecular weight is 434 g/mol. The molecule has 2 aromatic heterocycles. The number of halogens is 3. The van der Waals surface area contributed by atoms with Gasteiger partial charge in [0.05, 0.1) is 28.7 Å². The Morgan fingerprint density at radius 2 is 1.93 bits per heavy atom. The van der Waals surface area contributed by atoms with Gasteiger partial charge in [0.25, 0.3) is 5.56 Å². The van der Waals surface area contributed by atoms with Gasteiger partial charge in [-0.3, -0.25) is 10.1 Å². The molecule has 0 spiro atoms. The fraction of sp³-hybridized carbons (Fsp3) is 0.158. The molecule has 0 bridgehead atoms. The van der Waals surface area contributed by atoms with Crippen molar-refractivity contribution in [1.82, 2.24) is 20.2 Å². The van der Waals surface area contributed by atoms with Crippen LogP contribution in [0.25, 0.3) is 33.1 Å². The van der Waals surface area contributed by atoms with Gasteiger partial charge in [-0.2, -0.15) is 5.10 Å². The summed E-state index contributed by atoms with van der Waals surface area (Å²) < 4.78 is 32.3. The zero-order valence-corrected chi connectivity index (χ0v) is 16.0. The molecule has 2 heterocycles. The van der Waals surface area contributed by atoms with Crippen molar-refractivity contribution in [3.8, 4) is 11.3 Å². The maximum Gasteiger partial charge on any atom is 0.413 e. The number of hydrogen-bond donors (Lipinski definition) is 3. The highest BCUT2D eigenvalue weighted by Crippen LogP contribution is 2.28. The number of amides is 1. The Morgan fingerprint density at radius 1 is 1.17 bits per heavy atom. The molecular weight excluding hydrogens is 420 g/mol. The number of alkyl halides is 1. The number of anilines is 1. The van der Waals surface area contributed by atoms with Crippen molar-refractivity contribution < 1.29 is 18.3 Å². The Labute approximate surface area is 172 Å². The molecule has 0 aliphatic carbocycles. The maximum absolute atomic E-state index is 13.8. The summed E-state index contributed by atoms with van der Waals surface area (Å²) in [4.78, 5) is 30.9. The van der Waals surface area contributed by atoms with Gasteiger partial charge in [0.2, 0.25) is 5.95 Å². The lowest BCUT2D eigenvalue weighted by Gasteiger charge is -2.06. The molecule has 0 aliphatic heterocycles. The molecule has 1 amide bonds. The summed E-state index contributed by atoms with van der Waals surface area (Å²) in [6.45, 7) is 0.182. The highest BCUT2D eigenvalue weighted by Gasteiger charge is 2.15. The summed E-state index contributed by atoms with van der Waals surface area (Å²) in [5.74, 6) is -1.66. The van der Waals surface area contributed by atoms with Crippen molar-refractivity contribution in [1.29, 1.82) is 0 Å². The van der Waals surface area contributed by atoms with Crippen LogP contribution in [0.2, 0.25) is 0 Å². The molecule has 4 aromatic rings. The number of carbonyl (C=O) groups excluding carboxylic acids is 1. The molecule has 0 atom stereocenters. The number of nitrogens with one attached hydrogen (secondary N) is 3. The van der Waals surface area contributed by atoms with Gasteiger partial charge in [0.15, 0.2) is 11.6 Å². The third-order valence-corrected chi connectivity index (χ3v) is 4.58. The van der Waals surface area contributed by atoms with Crippen LogP contribution in [0.15, 0.2) is 35.1 Å². The molecule has 0 fully saturated rings. The summed E-state index contributed by atoms with van der Waals surface area (Å²) in [6, 6.07) is 6.75. The lowest BCUT2D eigenvalue weighted by Crippen LogP contribution is -2.15. The monoisotopic (exact) mass is 433 g/mol. The Balaban J connectivity index is 1.69. The Bertz CT molecular complexity index is 1320. The fourth-order valence-electron chi connectivity index (χ4n) is 2.95. The van der Waals surface area contributed by atoms with E-state index in [-0.39, 0.29) is 29.0 Å². The van der Waals surface area contributed by atoms with E-state index in [1.54, 1.807) is 18.2 Å². The van der Waals surface area contributed by atoms with Crippen molar-refractivity contribution >= 4 is 45.4 Å². The van der Waals surface area contributed by atoms with Crippen molar-refractivity contribution in [3.63, 3.8) is 0 Å². The van der Waals surface area contributed by atoms with Gasteiger partial charge in [-0.05, 0) is 30.7 Å². The topological polar surface area (TPSA) is 113 Å². The zero-order valence-electron chi connectivity index (χ0n) is 15.3. The lowest BCUT2D eigenvalue weighted by molar-refractivity contribution is 0.162. The van der Waals surface area contributed by atoms with E-state index in [1.165, 1.54) is 0 Å². The minimum absolute atomic E-state index is 0.0225. The molecule has 2 aromatic carbocycles. The zero-order chi connectivity index (χ0) is 21.3. The number of benzene rings is 2. The van der Waals surface area contributed by atoms with Crippen LogP contribution in [0, 0.1) is 11.6 Å². The molecule has 0 saturated heterocycles. The summed E-state index contributed by atoms with van der Waals surface area (Å²) >= 11 is 5.53. The van der Waals surface area contributed by atoms with Crippen LogP contribution in [0.4, 0.5) is 19.5 Å². The molecule has 0 saturated carbocycles. The molecule has 30 heavy (non-hydrogen) atoms. The van der Waals surface area contributed by atoms with Crippen molar-refractivity contribution in [2.24, 2.45) is 0 Å². The number of aromatic nitrogens is 4. The predicted octanol–water partition coefficient (Wildman–Crippen LogP) is 3.92. The summed E-state index contributed by atoms with van der Waals surface area (Å²) in [6.07, 6.45) is -0.145. The number of carbonyl (C=O) groups is 1. The largest absolute Gasteiger partial charge is 0.449 e. The average Bonchev–Trinajstić information content (AvgIpc) is 3.11. The van der Waals surface area contributed by atoms with Crippen molar-refractivity contribution in [2.45, 2.75) is 6.42 Å². The highest BCUT2D eigenvalue weighted by molar-refractivity contribution is 6.17. The van der Waals surface area contributed by atoms with E-state index in [9.17, 15) is 18.4 Å². The second-order valence-corrected chi connectivity index (χ2v) is 6.71. The Hall–Kier alpha value is -3.53. The van der Waals surface area contributed by atoms with Crippen LogP contribution in [0.3, 0.4) is 0 Å². The highest BCUT2D eigenvalue weighted by atomic mass is 35.5. The molecule has 154 valence electrons. The van der Waals surface area contributed by atoms with Gasteiger partial charge in [-0.25, -0.2) is 23.7 Å². The van der Waals surface area contributed by atoms with Gasteiger partial charge < -0.3 is 9.72 Å². The summed E-state index contributed by atoms with van der Waals surface area (Å²) in [7, 11) is 0. The van der Waals surface area contributed by atoms with Crippen LogP contribution in [0.5, 0.6) is 0 Å². The number of nitrogens with zero attached hydrogens (tertiary/aromatic N) is 2. The van der Waals surface area contributed by atoms with E-state index in [4.69, 9.17) is 16.3 Å². The smallest absolute Gasteiger partial charge is 0.413 e. The number of rotatable bonds is 5. The first-order valence-electron chi connectivity index (χ1n) is 8.83. The van der Waals surface area contributed by atoms with E-state index in [0.29, 0.717) is 28.9 Å². The van der Waals surface area contributed by atoms with E-state index >= 15 is 0 Å². The molecule has 0 radical (unpaired) electrons. The van der Waals surface area contributed by atoms with Gasteiger partial charge in [-0.15, -0.1) is 11.6 Å². The third-order valence-electron chi connectivity index (χ3n) is 4.32. The fourth-order valence-corrected chi connectivity index (χ4v) is 3.06. The van der Waals surface area contributed by atoms with Crippen LogP contribution in [-0.4, -0.2) is 38.7 Å². The van der Waals surface area contributed by atoms with Crippen LogP contribution in [0.1, 0.15) is 6.42 Å². The Kier molecular flexibility index (Phi) is 5.32. The van der Waals surface area contributed by atoms with Crippen molar-refractivity contribution in [3.05, 3.63) is 52.3 Å². The molecule has 0 aliphatic rings. The molecule has 8 nitrogen and oxygen atoms in total. The lowest BCUT2D eigenvalue weighted by atomic mass is 10.0. The van der Waals surface area contributed by atoms with Crippen LogP contribution in [-0.2, 0) is 4.74 Å². The second kappa shape index (κ2) is 8.07. The Morgan fingerprint density at radius 3 is 2.70 bits per heavy atom. The molecular formula is C19H14ClF2N5O3. The van der Waals surface area contributed by atoms with E-state index < -0.39 is 23.3 Å². The standard InChI is InChI=1S/C19H14ClF2N5O3/c20-4-1-5-30-19(29)25-18-23-14-3-2-9(6-15(14)24-18)16-10-7-12(21)13(22)8-11(10)17(28)27-26-16/h2-3,6-8H,1,4-5H2,(H,27,28)(H2,23,24,25,29). The summed E-state index contributed by atoms with van der Waals surface area (Å²) in [5.41, 5.74) is 1.24. The van der Waals surface area contributed by atoms with Crippen molar-refractivity contribution in [2.75, 3.05) is 17.8 Å². The van der Waals surface area contributed by atoms with E-state index in [0.717, 1.165) is 12.1 Å². The van der Waals surface area contributed by atoms with Gasteiger partial charge in [0, 0.05) is 16.8 Å². The van der Waals surface area contributed by atoms with Crippen LogP contribution >= 0.6 is 11.6 Å². The number of fused-ring (bicyclic) bond motifs is 2. The van der Waals surface area contributed by atoms with Gasteiger partial charge in [0.1, 0.15) is 0 Å². The summed E-state index contributed by atoms with van der Waals surface area (Å²) in [5, 5.41) is 8.90. The van der Waals surface area contributed by atoms with Gasteiger partial charge in [-0.1, -0.05) is 6.07 Å². The van der Waals surface area contributed by atoms with Crippen LogP contribution < -0.4 is 10.9 Å². The first-order chi connectivity index (χ1) is 14.5. The van der Waals surface area contributed by atoms with E-state index in [1.807, 2.05) is 0 Å². The number of imidazole rings is 1. The third kappa shape index (κ3) is 3.81. The number of H-pyrrole nitrogens is 2. The molecule has 3 N–H and O–H groups in total. The maximum atomic E-state index is 13.8. The number of ether oxygens (including phenoxy) is 1. The first kappa shape index (κ1) is 19.8. The quantitative estimate of drug-likeness (QED) is 0.326. The predicted molar refractivity (Wildman–Crippen MR) is 108 cm³/mol. The normalized spacial score (nSPS) is 11.2. The SMILES string of the molecule is O=C(Nc1nc2ccc(-c3n[nH]c(=O)c4cc(F)c(F)cc34)cc2[nH]1)OCCCCl.